The monoisotopic (exact) mass is 637 g/mol. The lowest BCUT2D eigenvalue weighted by Crippen LogP contribution is -2.52. The van der Waals surface area contributed by atoms with E-state index in [1.807, 2.05) is 20.8 Å². The Bertz CT molecular complexity index is 1490. The minimum Gasteiger partial charge on any atom is -0.352 e. The fourth-order valence-electron chi connectivity index (χ4n) is 4.12. The molecule has 3 aromatic rings. The van der Waals surface area contributed by atoms with Crippen molar-refractivity contribution in [2.75, 3.05) is 10.8 Å². The number of carbonyl (C=O) groups is 2. The number of rotatable bonds is 11. The van der Waals surface area contributed by atoms with Crippen molar-refractivity contribution in [3.05, 3.63) is 92.4 Å². The third kappa shape index (κ3) is 7.74. The van der Waals surface area contributed by atoms with E-state index in [-0.39, 0.29) is 29.1 Å². The molecule has 2 atom stereocenters. The Kier molecular flexibility index (Phi) is 11.1. The Balaban J connectivity index is 2.11. The summed E-state index contributed by atoms with van der Waals surface area (Å²) in [6, 6.07) is 15.1. The first-order valence-corrected chi connectivity index (χ1v) is 15.7. The van der Waals surface area contributed by atoms with E-state index in [4.69, 9.17) is 34.8 Å². The number of hydrogen-bond acceptors (Lipinski definition) is 4. The van der Waals surface area contributed by atoms with Crippen LogP contribution >= 0.6 is 34.8 Å². The van der Waals surface area contributed by atoms with E-state index in [1.54, 1.807) is 62.4 Å². The number of anilines is 1. The van der Waals surface area contributed by atoms with Crippen molar-refractivity contribution in [1.82, 2.24) is 10.2 Å². The predicted molar refractivity (Wildman–Crippen MR) is 166 cm³/mol. The summed E-state index contributed by atoms with van der Waals surface area (Å²) in [6.07, 6.45) is 0.694. The van der Waals surface area contributed by atoms with Gasteiger partial charge in [0.25, 0.3) is 10.0 Å². The van der Waals surface area contributed by atoms with E-state index in [2.05, 4.69) is 5.32 Å². The summed E-state index contributed by atoms with van der Waals surface area (Å²) in [7, 11) is -4.22. The minimum atomic E-state index is -4.22. The Morgan fingerprint density at radius 1 is 0.878 bits per heavy atom. The zero-order valence-corrected chi connectivity index (χ0v) is 26.7. The molecule has 0 saturated heterocycles. The van der Waals surface area contributed by atoms with Gasteiger partial charge in [-0.1, -0.05) is 71.6 Å². The molecule has 0 heterocycles. The highest BCUT2D eigenvalue weighted by Crippen LogP contribution is 2.32. The molecule has 0 saturated carbocycles. The quantitative estimate of drug-likeness (QED) is 0.251. The molecule has 0 aliphatic carbocycles. The number of sulfonamides is 1. The number of nitrogens with one attached hydrogen (secondary N) is 1. The fourth-order valence-corrected chi connectivity index (χ4v) is 6.28. The Hall–Kier alpha value is -2.78. The van der Waals surface area contributed by atoms with Crippen LogP contribution < -0.4 is 9.62 Å². The van der Waals surface area contributed by atoms with Gasteiger partial charge in [0.15, 0.2) is 0 Å². The molecule has 1 N–H and O–H groups in total. The first kappa shape index (κ1) is 32.7. The van der Waals surface area contributed by atoms with Gasteiger partial charge in [0, 0.05) is 33.2 Å². The summed E-state index contributed by atoms with van der Waals surface area (Å²) < 4.78 is 29.1. The molecule has 0 fully saturated rings. The van der Waals surface area contributed by atoms with Crippen molar-refractivity contribution >= 4 is 62.3 Å². The first-order valence-electron chi connectivity index (χ1n) is 13.1. The molecule has 3 rings (SSSR count). The largest absolute Gasteiger partial charge is 0.352 e. The molecule has 0 radical (unpaired) electrons. The molecule has 0 aliphatic heterocycles. The van der Waals surface area contributed by atoms with Gasteiger partial charge in [-0.3, -0.25) is 13.9 Å². The van der Waals surface area contributed by atoms with Gasteiger partial charge in [0.05, 0.1) is 10.6 Å². The van der Waals surface area contributed by atoms with Gasteiger partial charge < -0.3 is 10.2 Å². The average molecular weight is 639 g/mol. The summed E-state index contributed by atoms with van der Waals surface area (Å²) in [5.41, 5.74) is 2.06. The molecular formula is C30H34Cl3N3O4S. The molecule has 2 unspecified atom stereocenters. The van der Waals surface area contributed by atoms with E-state index >= 15 is 0 Å². The smallest absolute Gasteiger partial charge is 0.264 e. The van der Waals surface area contributed by atoms with E-state index in [1.165, 1.54) is 17.0 Å². The third-order valence-electron chi connectivity index (χ3n) is 6.95. The second-order valence-electron chi connectivity index (χ2n) is 9.92. The molecule has 0 bridgehead atoms. The third-order valence-corrected chi connectivity index (χ3v) is 9.85. The Morgan fingerprint density at radius 3 is 2.02 bits per heavy atom. The van der Waals surface area contributed by atoms with Crippen LogP contribution in [-0.4, -0.2) is 43.8 Å². The molecule has 0 aromatic heterocycles. The maximum atomic E-state index is 14.1. The summed E-state index contributed by atoms with van der Waals surface area (Å²) in [5.74, 6) is -1.01. The van der Waals surface area contributed by atoms with Gasteiger partial charge >= 0.3 is 0 Å². The maximum absolute atomic E-state index is 14.1. The lowest BCUT2D eigenvalue weighted by molar-refractivity contribution is -0.139. The zero-order chi connectivity index (χ0) is 30.5. The van der Waals surface area contributed by atoms with Crippen LogP contribution in [0, 0.1) is 13.8 Å². The standard InChI is InChI=1S/C30H34Cl3N3O4S/c1-6-20(3)34-30(38)22(5)35(17-24-26(32)10-7-11-27(24)33)29(37)18-36(28-12-8-9-25(31)21(28)4)41(39,40)23-15-13-19(2)14-16-23/h7-16,20,22H,6,17-18H2,1-5H3,(H,34,38). The highest BCUT2D eigenvalue weighted by Gasteiger charge is 2.34. The SMILES string of the molecule is CCC(C)NC(=O)C(C)N(Cc1c(Cl)cccc1Cl)C(=O)CN(c1cccc(Cl)c1C)S(=O)(=O)c1ccc(C)cc1. The van der Waals surface area contributed by atoms with Crippen molar-refractivity contribution in [1.29, 1.82) is 0 Å². The minimum absolute atomic E-state index is 0.0125. The van der Waals surface area contributed by atoms with Crippen molar-refractivity contribution in [2.24, 2.45) is 0 Å². The number of nitrogens with zero attached hydrogens (tertiary/aromatic N) is 2. The lowest BCUT2D eigenvalue weighted by atomic mass is 10.1. The van der Waals surface area contributed by atoms with Crippen LogP contribution in [0.4, 0.5) is 5.69 Å². The topological polar surface area (TPSA) is 86.8 Å². The van der Waals surface area contributed by atoms with Crippen molar-refractivity contribution in [3.8, 4) is 0 Å². The highest BCUT2D eigenvalue weighted by molar-refractivity contribution is 7.92. The number of halogens is 3. The molecule has 41 heavy (non-hydrogen) atoms. The molecule has 7 nitrogen and oxygen atoms in total. The number of amides is 2. The summed E-state index contributed by atoms with van der Waals surface area (Å²) in [5, 5.41) is 3.88. The molecule has 2 amide bonds. The van der Waals surface area contributed by atoms with Gasteiger partial charge in [-0.05, 0) is 76.1 Å². The fraction of sp³-hybridized carbons (Fsp3) is 0.333. The van der Waals surface area contributed by atoms with Gasteiger partial charge in [-0.15, -0.1) is 0 Å². The summed E-state index contributed by atoms with van der Waals surface area (Å²) >= 11 is 19.2. The molecule has 0 aliphatic rings. The van der Waals surface area contributed by atoms with Crippen LogP contribution in [-0.2, 0) is 26.2 Å². The van der Waals surface area contributed by atoms with Gasteiger partial charge in [0.1, 0.15) is 12.6 Å². The average Bonchev–Trinajstić information content (AvgIpc) is 2.93. The van der Waals surface area contributed by atoms with Crippen LogP contribution in [0.3, 0.4) is 0 Å². The molecule has 3 aromatic carbocycles. The number of benzene rings is 3. The highest BCUT2D eigenvalue weighted by atomic mass is 35.5. The zero-order valence-electron chi connectivity index (χ0n) is 23.6. The van der Waals surface area contributed by atoms with E-state index in [0.29, 0.717) is 32.6 Å². The second-order valence-corrected chi connectivity index (χ2v) is 13.0. The Labute approximate surface area is 257 Å². The van der Waals surface area contributed by atoms with Crippen molar-refractivity contribution < 1.29 is 18.0 Å². The van der Waals surface area contributed by atoms with Crippen LogP contribution in [0.15, 0.2) is 65.6 Å². The van der Waals surface area contributed by atoms with E-state index in [9.17, 15) is 18.0 Å². The number of carbonyl (C=O) groups excluding carboxylic acids is 2. The van der Waals surface area contributed by atoms with Crippen molar-refractivity contribution in [2.45, 2.75) is 64.6 Å². The molecular weight excluding hydrogens is 605 g/mol. The Morgan fingerprint density at radius 2 is 1.44 bits per heavy atom. The number of aryl methyl sites for hydroxylation is 1. The van der Waals surface area contributed by atoms with E-state index < -0.39 is 28.5 Å². The first-order chi connectivity index (χ1) is 19.3. The number of hydrogen-bond donors (Lipinski definition) is 1. The van der Waals surface area contributed by atoms with Crippen LogP contribution in [0.25, 0.3) is 0 Å². The van der Waals surface area contributed by atoms with E-state index in [0.717, 1.165) is 9.87 Å². The summed E-state index contributed by atoms with van der Waals surface area (Å²) in [6.45, 7) is 8.21. The van der Waals surface area contributed by atoms with Crippen LogP contribution in [0.5, 0.6) is 0 Å². The summed E-state index contributed by atoms with van der Waals surface area (Å²) in [4.78, 5) is 28.6. The maximum Gasteiger partial charge on any atom is 0.264 e. The normalized spacial score (nSPS) is 12.9. The molecule has 11 heteroatoms. The van der Waals surface area contributed by atoms with Crippen molar-refractivity contribution in [3.63, 3.8) is 0 Å². The second kappa shape index (κ2) is 13.9. The predicted octanol–water partition coefficient (Wildman–Crippen LogP) is 6.79. The molecule has 0 spiro atoms. The van der Waals surface area contributed by atoms with Crippen LogP contribution in [0.1, 0.15) is 43.9 Å². The van der Waals surface area contributed by atoms with Gasteiger partial charge in [-0.25, -0.2) is 8.42 Å². The lowest BCUT2D eigenvalue weighted by Gasteiger charge is -2.33. The van der Waals surface area contributed by atoms with Crippen LogP contribution in [0.2, 0.25) is 15.1 Å². The molecule has 220 valence electrons. The van der Waals surface area contributed by atoms with Gasteiger partial charge in [-0.2, -0.15) is 0 Å². The van der Waals surface area contributed by atoms with Gasteiger partial charge in [0.2, 0.25) is 11.8 Å².